The van der Waals surface area contributed by atoms with Crippen molar-refractivity contribution in [3.8, 4) is 0 Å². The minimum atomic E-state index is -0.211. The summed E-state index contributed by atoms with van der Waals surface area (Å²) in [7, 11) is 1.96. The quantitative estimate of drug-likeness (QED) is 0.409. The van der Waals surface area contributed by atoms with Crippen LogP contribution in [0.4, 0.5) is 11.4 Å². The number of thioether (sulfide) groups is 2. The van der Waals surface area contributed by atoms with Gasteiger partial charge in [-0.25, -0.2) is 0 Å². The maximum Gasteiger partial charge on any atom is 0.273 e. The molecule has 1 saturated heterocycles. The Balaban J connectivity index is 1.73. The molecular formula is C23H17N3O2S4. The molecule has 1 fully saturated rings. The van der Waals surface area contributed by atoms with Gasteiger partial charge in [-0.1, -0.05) is 72.1 Å². The zero-order chi connectivity index (χ0) is 22.4. The number of benzene rings is 2. The Hall–Kier alpha value is -2.59. The minimum absolute atomic E-state index is 0.128. The second kappa shape index (κ2) is 8.40. The van der Waals surface area contributed by atoms with E-state index in [0.717, 1.165) is 21.3 Å². The van der Waals surface area contributed by atoms with E-state index >= 15 is 0 Å². The number of fused-ring (bicyclic) bond motifs is 1. The fourth-order valence-electron chi connectivity index (χ4n) is 3.61. The van der Waals surface area contributed by atoms with Crippen LogP contribution in [-0.2, 0) is 11.3 Å². The van der Waals surface area contributed by atoms with Gasteiger partial charge in [0.25, 0.3) is 11.5 Å². The third kappa shape index (κ3) is 3.36. The van der Waals surface area contributed by atoms with Gasteiger partial charge in [-0.05, 0) is 24.3 Å². The molecule has 2 aliphatic heterocycles. The summed E-state index contributed by atoms with van der Waals surface area (Å²) >= 11 is 9.66. The predicted molar refractivity (Wildman–Crippen MR) is 140 cm³/mol. The van der Waals surface area contributed by atoms with Crippen molar-refractivity contribution >= 4 is 78.6 Å². The molecule has 0 saturated carbocycles. The fourth-order valence-corrected chi connectivity index (χ4v) is 7.52. The van der Waals surface area contributed by atoms with E-state index in [9.17, 15) is 9.59 Å². The van der Waals surface area contributed by atoms with E-state index in [-0.39, 0.29) is 11.5 Å². The van der Waals surface area contributed by atoms with Crippen LogP contribution >= 0.6 is 47.1 Å². The van der Waals surface area contributed by atoms with Gasteiger partial charge in [0.15, 0.2) is 4.32 Å². The number of carbonyl (C=O) groups is 1. The number of nitrogens with zero attached hydrogens (tertiary/aromatic N) is 3. The molecule has 5 nitrogen and oxygen atoms in total. The monoisotopic (exact) mass is 495 g/mol. The average Bonchev–Trinajstić information content (AvgIpc) is 3.41. The third-order valence-electron chi connectivity index (χ3n) is 5.10. The van der Waals surface area contributed by atoms with Gasteiger partial charge in [0.05, 0.1) is 11.4 Å². The van der Waals surface area contributed by atoms with Crippen LogP contribution in [0.5, 0.6) is 0 Å². The molecule has 2 aliphatic rings. The van der Waals surface area contributed by atoms with Crippen molar-refractivity contribution in [2.24, 2.45) is 0 Å². The number of thiazole rings is 1. The van der Waals surface area contributed by atoms with Crippen molar-refractivity contribution < 1.29 is 4.79 Å². The Labute approximate surface area is 202 Å². The second-order valence-electron chi connectivity index (χ2n) is 7.05. The lowest BCUT2D eigenvalue weighted by Crippen LogP contribution is -2.35. The number of thiocarbonyl (C=S) groups is 1. The molecule has 160 valence electrons. The average molecular weight is 496 g/mol. The first-order chi connectivity index (χ1) is 15.5. The predicted octanol–water partition coefficient (Wildman–Crippen LogP) is 3.58. The van der Waals surface area contributed by atoms with Crippen molar-refractivity contribution in [1.82, 2.24) is 4.57 Å². The van der Waals surface area contributed by atoms with Gasteiger partial charge in [-0.2, -0.15) is 0 Å². The largest absolute Gasteiger partial charge is 0.337 e. The first kappa shape index (κ1) is 21.3. The van der Waals surface area contributed by atoms with Crippen molar-refractivity contribution in [2.75, 3.05) is 16.8 Å². The summed E-state index contributed by atoms with van der Waals surface area (Å²) < 4.78 is 3.29. The molecule has 0 spiro atoms. The first-order valence-electron chi connectivity index (χ1n) is 9.72. The highest BCUT2D eigenvalue weighted by molar-refractivity contribution is 8.31. The van der Waals surface area contributed by atoms with Crippen molar-refractivity contribution in [2.45, 2.75) is 11.4 Å². The molecule has 0 bridgehead atoms. The first-order valence-corrected chi connectivity index (χ1v) is 12.6. The van der Waals surface area contributed by atoms with Crippen LogP contribution in [0.15, 0.2) is 76.9 Å². The molecular weight excluding hydrogens is 479 g/mol. The highest BCUT2D eigenvalue weighted by Crippen LogP contribution is 2.45. The van der Waals surface area contributed by atoms with Gasteiger partial charge in [-0.3, -0.25) is 19.1 Å². The van der Waals surface area contributed by atoms with E-state index in [1.54, 1.807) is 22.4 Å². The number of anilines is 2. The van der Waals surface area contributed by atoms with Gasteiger partial charge in [0.2, 0.25) is 0 Å². The number of hydrogen-bond acceptors (Lipinski definition) is 7. The van der Waals surface area contributed by atoms with E-state index in [1.165, 1.54) is 28.0 Å². The number of aromatic nitrogens is 1. The molecule has 3 heterocycles. The second-order valence-corrected chi connectivity index (χ2v) is 10.7. The molecule has 0 radical (unpaired) electrons. The Bertz CT molecular complexity index is 1460. The van der Waals surface area contributed by atoms with Gasteiger partial charge in [0.1, 0.15) is 19.1 Å². The molecule has 0 aliphatic carbocycles. The van der Waals surface area contributed by atoms with Crippen LogP contribution in [0.3, 0.4) is 0 Å². The van der Waals surface area contributed by atoms with E-state index < -0.39 is 0 Å². The Morgan fingerprint density at radius 3 is 2.47 bits per heavy atom. The summed E-state index contributed by atoms with van der Waals surface area (Å²) in [6.07, 6.45) is 1.67. The molecule has 1 aromatic heterocycles. The van der Waals surface area contributed by atoms with Crippen LogP contribution in [0.25, 0.3) is 9.93 Å². The van der Waals surface area contributed by atoms with E-state index in [2.05, 4.69) is 6.58 Å². The van der Waals surface area contributed by atoms with E-state index in [1.807, 2.05) is 66.5 Å². The van der Waals surface area contributed by atoms with Crippen LogP contribution in [-0.4, -0.2) is 21.8 Å². The molecule has 2 aromatic carbocycles. The van der Waals surface area contributed by atoms with Gasteiger partial charge in [-0.15, -0.1) is 17.9 Å². The molecule has 0 N–H and O–H groups in total. The highest BCUT2D eigenvalue weighted by atomic mass is 32.2. The molecule has 1 amide bonds. The van der Waals surface area contributed by atoms with Crippen LogP contribution in [0.1, 0.15) is 0 Å². The number of amides is 1. The number of rotatable bonds is 3. The van der Waals surface area contributed by atoms with Crippen LogP contribution in [0, 0.1) is 0 Å². The Morgan fingerprint density at radius 1 is 1.03 bits per heavy atom. The normalized spacial score (nSPS) is 19.0. The lowest BCUT2D eigenvalue weighted by Gasteiger charge is -2.13. The number of hydrogen-bond donors (Lipinski definition) is 0. The standard InChI is InChI=1S/C23H17N3O2S4/c1-3-13-25-19(27)17(21-24(2)15-11-7-8-12-16(15)30-21)31-22(25)18-20(28)26(23(29)32-18)14-9-5-4-6-10-14/h3-12H,1,13H2,2H3/b21-17-,22-18-. The van der Waals surface area contributed by atoms with Crippen LogP contribution < -0.4 is 24.6 Å². The van der Waals surface area contributed by atoms with Gasteiger partial charge < -0.3 is 4.90 Å². The fraction of sp³-hybridized carbons (Fsp3) is 0.0870. The summed E-state index contributed by atoms with van der Waals surface area (Å²) in [5, 5.41) is 0.865. The van der Waals surface area contributed by atoms with Gasteiger partial charge in [0, 0.05) is 18.5 Å². The number of para-hydroxylation sites is 2. The van der Waals surface area contributed by atoms with Gasteiger partial charge >= 0.3 is 0 Å². The summed E-state index contributed by atoms with van der Waals surface area (Å²) in [5.41, 5.74) is 1.65. The summed E-state index contributed by atoms with van der Waals surface area (Å²) in [5.74, 6) is -0.211. The summed E-state index contributed by atoms with van der Waals surface area (Å²) in [6.45, 7) is 4.11. The molecule has 3 aromatic rings. The SMILES string of the molecule is C=CCn1c(=O)/c(=C2/Sc3ccccc3N2C)s/c1=C1\SC(=S)N(c2ccccc2)C1=O. The lowest BCUT2D eigenvalue weighted by atomic mass is 10.3. The smallest absolute Gasteiger partial charge is 0.273 e. The summed E-state index contributed by atoms with van der Waals surface area (Å²) in [4.78, 5) is 32.0. The molecule has 0 unspecified atom stereocenters. The van der Waals surface area contributed by atoms with E-state index in [4.69, 9.17) is 12.2 Å². The van der Waals surface area contributed by atoms with Crippen molar-refractivity contribution in [3.05, 3.63) is 86.8 Å². The Kier molecular flexibility index (Phi) is 5.58. The topological polar surface area (TPSA) is 45.6 Å². The number of carbonyl (C=O) groups excluding carboxylic acids is 1. The number of allylic oxidation sites excluding steroid dienone is 1. The minimum Gasteiger partial charge on any atom is -0.337 e. The molecule has 9 heteroatoms. The third-order valence-corrected chi connectivity index (χ3v) is 9.15. The van der Waals surface area contributed by atoms with Crippen molar-refractivity contribution in [1.29, 1.82) is 0 Å². The van der Waals surface area contributed by atoms with Crippen LogP contribution in [0.2, 0.25) is 0 Å². The maximum atomic E-state index is 13.4. The Morgan fingerprint density at radius 2 is 1.75 bits per heavy atom. The molecule has 32 heavy (non-hydrogen) atoms. The summed E-state index contributed by atoms with van der Waals surface area (Å²) in [6, 6.07) is 17.4. The zero-order valence-corrected chi connectivity index (χ0v) is 20.2. The molecule has 5 rings (SSSR count). The van der Waals surface area contributed by atoms with E-state index in [0.29, 0.717) is 25.0 Å². The lowest BCUT2D eigenvalue weighted by molar-refractivity contribution is -0.112. The highest BCUT2D eigenvalue weighted by Gasteiger charge is 2.35. The maximum absolute atomic E-state index is 13.4. The van der Waals surface area contributed by atoms with Crippen molar-refractivity contribution in [3.63, 3.8) is 0 Å². The molecule has 0 atom stereocenters. The zero-order valence-electron chi connectivity index (χ0n) is 17.0.